The van der Waals surface area contributed by atoms with Crippen LogP contribution in [0.2, 0.25) is 0 Å². The number of rotatable bonds is 7. The number of benzene rings is 1. The molecule has 1 amide bonds. The van der Waals surface area contributed by atoms with Crippen molar-refractivity contribution in [2.24, 2.45) is 5.92 Å². The highest BCUT2D eigenvalue weighted by molar-refractivity contribution is 5.85. The smallest absolute Gasteiger partial charge is 0.222 e. The van der Waals surface area contributed by atoms with Gasteiger partial charge >= 0.3 is 0 Å². The Morgan fingerprint density at radius 2 is 1.79 bits per heavy atom. The number of piperidine rings is 1. The lowest BCUT2D eigenvalue weighted by Gasteiger charge is -2.26. The number of hydrogen-bond acceptors (Lipinski definition) is 2. The molecule has 1 aromatic carbocycles. The Bertz CT molecular complexity index is 513. The molecule has 0 unspecified atom stereocenters. The summed E-state index contributed by atoms with van der Waals surface area (Å²) in [4.78, 5) is 14.7. The number of halogens is 2. The largest absolute Gasteiger partial charge is 0.339 e. The summed E-state index contributed by atoms with van der Waals surface area (Å²) in [6.07, 6.45) is 7.21. The standard InChI is InChI=1S/C19H27FN2O.ClH/c20-17-4-1-15(2-5-17)11-14-22(18-6-7-18)19(23)8-3-16-9-12-21-13-10-16;/h1-2,4-5,16,18,21H,3,6-14H2;1H. The molecule has 1 aliphatic carbocycles. The molecule has 24 heavy (non-hydrogen) atoms. The quantitative estimate of drug-likeness (QED) is 0.812. The van der Waals surface area contributed by atoms with E-state index in [2.05, 4.69) is 10.2 Å². The molecule has 3 nitrogen and oxygen atoms in total. The lowest BCUT2D eigenvalue weighted by atomic mass is 9.93. The molecule has 1 aromatic rings. The summed E-state index contributed by atoms with van der Waals surface area (Å²) in [7, 11) is 0. The van der Waals surface area contributed by atoms with E-state index in [0.29, 0.717) is 24.3 Å². The van der Waals surface area contributed by atoms with Crippen LogP contribution >= 0.6 is 12.4 Å². The maximum atomic E-state index is 13.0. The molecule has 1 N–H and O–H groups in total. The van der Waals surface area contributed by atoms with E-state index in [4.69, 9.17) is 0 Å². The van der Waals surface area contributed by atoms with Gasteiger partial charge < -0.3 is 10.2 Å². The van der Waals surface area contributed by atoms with E-state index in [0.717, 1.165) is 50.9 Å². The van der Waals surface area contributed by atoms with Crippen molar-refractivity contribution in [2.75, 3.05) is 19.6 Å². The normalized spacial score (nSPS) is 18.0. The Morgan fingerprint density at radius 1 is 1.12 bits per heavy atom. The van der Waals surface area contributed by atoms with Crippen molar-refractivity contribution in [2.45, 2.75) is 51.0 Å². The zero-order chi connectivity index (χ0) is 16.1. The Morgan fingerprint density at radius 3 is 2.42 bits per heavy atom. The minimum atomic E-state index is -0.203. The first-order valence-electron chi connectivity index (χ1n) is 8.97. The SMILES string of the molecule is Cl.O=C(CCC1CCNCC1)N(CCc1ccc(F)cc1)C1CC1. The second-order valence-corrected chi connectivity index (χ2v) is 6.93. The first-order chi connectivity index (χ1) is 11.2. The van der Waals surface area contributed by atoms with Crippen molar-refractivity contribution >= 4 is 18.3 Å². The van der Waals surface area contributed by atoms with Crippen LogP contribution < -0.4 is 5.32 Å². The number of nitrogens with one attached hydrogen (secondary N) is 1. The van der Waals surface area contributed by atoms with Crippen LogP contribution in [0.1, 0.15) is 44.1 Å². The van der Waals surface area contributed by atoms with Crippen LogP contribution in [0.15, 0.2) is 24.3 Å². The first-order valence-corrected chi connectivity index (χ1v) is 8.97. The van der Waals surface area contributed by atoms with E-state index in [-0.39, 0.29) is 18.2 Å². The van der Waals surface area contributed by atoms with Gasteiger partial charge in [-0.3, -0.25) is 4.79 Å². The van der Waals surface area contributed by atoms with Gasteiger partial charge in [-0.1, -0.05) is 12.1 Å². The van der Waals surface area contributed by atoms with Gasteiger partial charge in [0.05, 0.1) is 0 Å². The third kappa shape index (κ3) is 5.75. The number of hydrogen-bond donors (Lipinski definition) is 1. The van der Waals surface area contributed by atoms with Crippen LogP contribution in [0.3, 0.4) is 0 Å². The second kappa shape index (κ2) is 9.38. The first kappa shape index (κ1) is 19.2. The molecule has 0 bridgehead atoms. The molecule has 1 saturated carbocycles. The third-order valence-corrected chi connectivity index (χ3v) is 5.09. The molecule has 1 aliphatic heterocycles. The van der Waals surface area contributed by atoms with Crippen LogP contribution in [0.5, 0.6) is 0 Å². The highest BCUT2D eigenvalue weighted by Crippen LogP contribution is 2.28. The predicted molar refractivity (Wildman–Crippen MR) is 96.9 cm³/mol. The molecule has 5 heteroatoms. The Balaban J connectivity index is 0.00000208. The molecular weight excluding hydrogens is 327 g/mol. The Labute approximate surface area is 150 Å². The van der Waals surface area contributed by atoms with Crippen molar-refractivity contribution in [3.63, 3.8) is 0 Å². The molecular formula is C19H28ClFN2O. The van der Waals surface area contributed by atoms with E-state index in [1.165, 1.54) is 25.0 Å². The lowest BCUT2D eigenvalue weighted by Crippen LogP contribution is -2.35. The Hall–Kier alpha value is -1.13. The van der Waals surface area contributed by atoms with Gasteiger partial charge in [0, 0.05) is 19.0 Å². The van der Waals surface area contributed by atoms with E-state index in [9.17, 15) is 9.18 Å². The maximum Gasteiger partial charge on any atom is 0.222 e. The zero-order valence-electron chi connectivity index (χ0n) is 14.2. The van der Waals surface area contributed by atoms with Gasteiger partial charge in [0.15, 0.2) is 0 Å². The molecule has 1 heterocycles. The van der Waals surface area contributed by atoms with Crippen molar-refractivity contribution in [3.05, 3.63) is 35.6 Å². The van der Waals surface area contributed by atoms with Crippen molar-refractivity contribution in [3.8, 4) is 0 Å². The lowest BCUT2D eigenvalue weighted by molar-refractivity contribution is -0.132. The molecule has 134 valence electrons. The highest BCUT2D eigenvalue weighted by Gasteiger charge is 2.32. The van der Waals surface area contributed by atoms with Gasteiger partial charge in [0.1, 0.15) is 5.82 Å². The number of nitrogens with zero attached hydrogens (tertiary/aromatic N) is 1. The van der Waals surface area contributed by atoms with Crippen molar-refractivity contribution < 1.29 is 9.18 Å². The molecule has 2 aliphatic rings. The van der Waals surface area contributed by atoms with E-state index >= 15 is 0 Å². The van der Waals surface area contributed by atoms with Gasteiger partial charge in [-0.15, -0.1) is 12.4 Å². The highest BCUT2D eigenvalue weighted by atomic mass is 35.5. The van der Waals surface area contributed by atoms with Crippen LogP contribution in [0, 0.1) is 11.7 Å². The maximum absolute atomic E-state index is 13.0. The summed E-state index contributed by atoms with van der Waals surface area (Å²) < 4.78 is 13.0. The van der Waals surface area contributed by atoms with Crippen molar-refractivity contribution in [1.82, 2.24) is 10.2 Å². The fourth-order valence-electron chi connectivity index (χ4n) is 3.44. The van der Waals surface area contributed by atoms with Crippen molar-refractivity contribution in [1.29, 1.82) is 0 Å². The van der Waals surface area contributed by atoms with Gasteiger partial charge in [0.2, 0.25) is 5.91 Å². The monoisotopic (exact) mass is 354 g/mol. The molecule has 0 aromatic heterocycles. The van der Waals surface area contributed by atoms with Crippen LogP contribution in [0.25, 0.3) is 0 Å². The molecule has 0 radical (unpaired) electrons. The van der Waals surface area contributed by atoms with Gasteiger partial charge in [-0.05, 0) is 75.2 Å². The fraction of sp³-hybridized carbons (Fsp3) is 0.632. The summed E-state index contributed by atoms with van der Waals surface area (Å²) in [5, 5.41) is 3.37. The fourth-order valence-corrected chi connectivity index (χ4v) is 3.44. The van der Waals surface area contributed by atoms with E-state index < -0.39 is 0 Å². The Kier molecular flexibility index (Phi) is 7.50. The zero-order valence-corrected chi connectivity index (χ0v) is 15.0. The van der Waals surface area contributed by atoms with E-state index in [1.54, 1.807) is 0 Å². The van der Waals surface area contributed by atoms with Gasteiger partial charge in [-0.25, -0.2) is 4.39 Å². The molecule has 3 rings (SSSR count). The number of amides is 1. The summed E-state index contributed by atoms with van der Waals surface area (Å²) in [5.74, 6) is 0.817. The van der Waals surface area contributed by atoms with Crippen LogP contribution in [0.4, 0.5) is 4.39 Å². The molecule has 1 saturated heterocycles. The summed E-state index contributed by atoms with van der Waals surface area (Å²) in [5.41, 5.74) is 1.10. The molecule has 0 atom stereocenters. The van der Waals surface area contributed by atoms with Gasteiger partial charge in [0.25, 0.3) is 0 Å². The minimum absolute atomic E-state index is 0. The summed E-state index contributed by atoms with van der Waals surface area (Å²) in [6.45, 7) is 2.95. The molecule has 2 fully saturated rings. The average molecular weight is 355 g/mol. The number of carbonyl (C=O) groups excluding carboxylic acids is 1. The van der Waals surface area contributed by atoms with Gasteiger partial charge in [-0.2, -0.15) is 0 Å². The predicted octanol–water partition coefficient (Wildman–Crippen LogP) is 3.56. The average Bonchev–Trinajstić information content (AvgIpc) is 3.41. The summed E-state index contributed by atoms with van der Waals surface area (Å²) in [6, 6.07) is 7.08. The van der Waals surface area contributed by atoms with Crippen LogP contribution in [-0.4, -0.2) is 36.5 Å². The number of carbonyl (C=O) groups is 1. The summed E-state index contributed by atoms with van der Waals surface area (Å²) >= 11 is 0. The second-order valence-electron chi connectivity index (χ2n) is 6.93. The third-order valence-electron chi connectivity index (χ3n) is 5.09. The minimum Gasteiger partial charge on any atom is -0.339 e. The topological polar surface area (TPSA) is 32.3 Å². The van der Waals surface area contributed by atoms with Crippen LogP contribution in [-0.2, 0) is 11.2 Å². The molecule has 0 spiro atoms. The van der Waals surface area contributed by atoms with E-state index in [1.807, 2.05) is 12.1 Å².